The molecule has 2 unspecified atom stereocenters. The predicted octanol–water partition coefficient (Wildman–Crippen LogP) is 1.41. The summed E-state index contributed by atoms with van der Waals surface area (Å²) in [7, 11) is 0. The number of rotatable bonds is 4. The van der Waals surface area contributed by atoms with Crippen LogP contribution in [0.15, 0.2) is 0 Å². The minimum Gasteiger partial charge on any atom is -0.381 e. The third kappa shape index (κ3) is 3.38. The molecule has 0 radical (unpaired) electrons. The van der Waals surface area contributed by atoms with Crippen LogP contribution in [-0.2, 0) is 4.74 Å². The second-order valence-corrected chi connectivity index (χ2v) is 3.42. The van der Waals surface area contributed by atoms with E-state index in [2.05, 4.69) is 24.1 Å². The summed E-state index contributed by atoms with van der Waals surface area (Å²) in [6.07, 6.45) is 2.14. The lowest BCUT2D eigenvalue weighted by Gasteiger charge is -2.20. The van der Waals surface area contributed by atoms with Gasteiger partial charge in [-0.2, -0.15) is 0 Å². The Kier molecular flexibility index (Phi) is 4.88. The molecule has 1 heterocycles. The van der Waals surface area contributed by atoms with Gasteiger partial charge in [-0.05, 0) is 19.9 Å². The van der Waals surface area contributed by atoms with Crippen LogP contribution in [0.4, 0.5) is 0 Å². The molecule has 1 fully saturated rings. The van der Waals surface area contributed by atoms with E-state index in [4.69, 9.17) is 4.74 Å². The molecule has 74 valence electrons. The fourth-order valence-corrected chi connectivity index (χ4v) is 1.75. The van der Waals surface area contributed by atoms with E-state index >= 15 is 0 Å². The van der Waals surface area contributed by atoms with Gasteiger partial charge in [-0.25, -0.2) is 0 Å². The molecule has 0 aromatic rings. The second-order valence-electron chi connectivity index (χ2n) is 3.42. The van der Waals surface area contributed by atoms with E-state index in [0.29, 0.717) is 12.0 Å². The van der Waals surface area contributed by atoms with Gasteiger partial charge in [-0.3, -0.25) is 0 Å². The second kappa shape index (κ2) is 6.01. The van der Waals surface area contributed by atoms with E-state index in [-0.39, 0.29) is 0 Å². The van der Waals surface area contributed by atoms with Crippen LogP contribution >= 0.6 is 0 Å². The first-order chi connectivity index (χ1) is 6.38. The Hall–Kier alpha value is -0.520. The van der Waals surface area contributed by atoms with E-state index in [1.54, 1.807) is 0 Å². The molecule has 0 aliphatic carbocycles. The molecule has 1 saturated heterocycles. The summed E-state index contributed by atoms with van der Waals surface area (Å²) in [4.78, 5) is 0. The van der Waals surface area contributed by atoms with E-state index in [0.717, 1.165) is 26.2 Å². The van der Waals surface area contributed by atoms with Crippen LogP contribution in [0.1, 0.15) is 26.7 Å². The summed E-state index contributed by atoms with van der Waals surface area (Å²) in [6, 6.07) is 0.528. The summed E-state index contributed by atoms with van der Waals surface area (Å²) >= 11 is 0. The van der Waals surface area contributed by atoms with Gasteiger partial charge >= 0.3 is 0 Å². The van der Waals surface area contributed by atoms with Crippen molar-refractivity contribution >= 4 is 0 Å². The third-order valence-corrected chi connectivity index (χ3v) is 2.50. The molecule has 2 atom stereocenters. The van der Waals surface area contributed by atoms with Crippen molar-refractivity contribution in [1.82, 2.24) is 5.32 Å². The predicted molar refractivity (Wildman–Crippen MR) is 54.5 cm³/mol. The average molecular weight is 181 g/mol. The van der Waals surface area contributed by atoms with E-state index < -0.39 is 0 Å². The number of hydrogen-bond donors (Lipinski definition) is 1. The van der Waals surface area contributed by atoms with E-state index in [1.807, 2.05) is 6.92 Å². The third-order valence-electron chi connectivity index (χ3n) is 2.50. The highest BCUT2D eigenvalue weighted by Crippen LogP contribution is 2.18. The van der Waals surface area contributed by atoms with Crippen LogP contribution in [0, 0.1) is 17.8 Å². The zero-order chi connectivity index (χ0) is 9.52. The van der Waals surface area contributed by atoms with Crippen molar-refractivity contribution in [3.05, 3.63) is 0 Å². The Bertz CT molecular complexity index is 186. The number of hydrogen-bond acceptors (Lipinski definition) is 2. The highest BCUT2D eigenvalue weighted by atomic mass is 16.5. The average Bonchev–Trinajstić information content (AvgIpc) is 2.65. The van der Waals surface area contributed by atoms with Crippen LogP contribution in [0.25, 0.3) is 0 Å². The maximum absolute atomic E-state index is 5.38. The van der Waals surface area contributed by atoms with Crippen molar-refractivity contribution in [3.63, 3.8) is 0 Å². The molecular weight excluding hydrogens is 162 g/mol. The fourth-order valence-electron chi connectivity index (χ4n) is 1.75. The van der Waals surface area contributed by atoms with E-state index in [1.165, 1.54) is 6.42 Å². The Morgan fingerprint density at radius 1 is 1.62 bits per heavy atom. The van der Waals surface area contributed by atoms with Gasteiger partial charge in [0.1, 0.15) is 0 Å². The first-order valence-electron chi connectivity index (χ1n) is 5.09. The van der Waals surface area contributed by atoms with Crippen molar-refractivity contribution in [1.29, 1.82) is 0 Å². The first kappa shape index (κ1) is 10.6. The standard InChI is InChI=1S/C11H19NO/c1-3-5-6-11(12-4-2)10-7-8-13-9-10/h10-12H,4,6-9H2,1-2H3. The maximum atomic E-state index is 5.38. The van der Waals surface area contributed by atoms with Gasteiger partial charge in [0.05, 0.1) is 6.61 Å². The quantitative estimate of drug-likeness (QED) is 0.662. The van der Waals surface area contributed by atoms with Crippen LogP contribution < -0.4 is 5.32 Å². The van der Waals surface area contributed by atoms with Gasteiger partial charge < -0.3 is 10.1 Å². The zero-order valence-corrected chi connectivity index (χ0v) is 8.60. The van der Waals surface area contributed by atoms with Crippen molar-refractivity contribution in [2.24, 2.45) is 5.92 Å². The minimum atomic E-state index is 0.528. The number of ether oxygens (including phenoxy) is 1. The topological polar surface area (TPSA) is 21.3 Å². The molecule has 1 rings (SSSR count). The molecular formula is C11H19NO. The van der Waals surface area contributed by atoms with Gasteiger partial charge in [-0.15, -0.1) is 11.8 Å². The molecule has 0 saturated carbocycles. The Balaban J connectivity index is 2.38. The summed E-state index contributed by atoms with van der Waals surface area (Å²) in [5, 5.41) is 3.48. The highest BCUT2D eigenvalue weighted by molar-refractivity contribution is 4.99. The first-order valence-corrected chi connectivity index (χ1v) is 5.09. The lowest BCUT2D eigenvalue weighted by atomic mass is 9.96. The fraction of sp³-hybridized carbons (Fsp3) is 0.818. The Morgan fingerprint density at radius 2 is 2.46 bits per heavy atom. The van der Waals surface area contributed by atoms with Crippen LogP contribution in [0.2, 0.25) is 0 Å². The molecule has 1 aliphatic heterocycles. The highest BCUT2D eigenvalue weighted by Gasteiger charge is 2.23. The smallest absolute Gasteiger partial charge is 0.0510 e. The Morgan fingerprint density at radius 3 is 3.00 bits per heavy atom. The molecule has 1 N–H and O–H groups in total. The zero-order valence-electron chi connectivity index (χ0n) is 8.60. The molecule has 1 aliphatic rings. The van der Waals surface area contributed by atoms with E-state index in [9.17, 15) is 0 Å². The van der Waals surface area contributed by atoms with Gasteiger partial charge in [0.2, 0.25) is 0 Å². The summed E-state index contributed by atoms with van der Waals surface area (Å²) in [5.74, 6) is 6.76. The largest absolute Gasteiger partial charge is 0.381 e. The van der Waals surface area contributed by atoms with Crippen LogP contribution in [0.3, 0.4) is 0 Å². The van der Waals surface area contributed by atoms with Crippen molar-refractivity contribution in [2.45, 2.75) is 32.7 Å². The normalized spacial score (nSPS) is 23.7. The lowest BCUT2D eigenvalue weighted by Crippen LogP contribution is -2.36. The van der Waals surface area contributed by atoms with Gasteiger partial charge in [0, 0.05) is 25.0 Å². The number of nitrogens with one attached hydrogen (secondary N) is 1. The van der Waals surface area contributed by atoms with Crippen LogP contribution in [0.5, 0.6) is 0 Å². The lowest BCUT2D eigenvalue weighted by molar-refractivity contribution is 0.177. The monoisotopic (exact) mass is 181 g/mol. The molecule has 13 heavy (non-hydrogen) atoms. The molecule has 0 amide bonds. The molecule has 0 bridgehead atoms. The van der Waals surface area contributed by atoms with Crippen molar-refractivity contribution in [2.75, 3.05) is 19.8 Å². The molecule has 2 heteroatoms. The van der Waals surface area contributed by atoms with Crippen molar-refractivity contribution in [3.8, 4) is 11.8 Å². The molecule has 0 spiro atoms. The van der Waals surface area contributed by atoms with Crippen molar-refractivity contribution < 1.29 is 4.74 Å². The van der Waals surface area contributed by atoms with Gasteiger partial charge in [-0.1, -0.05) is 6.92 Å². The molecule has 2 nitrogen and oxygen atoms in total. The molecule has 0 aromatic heterocycles. The van der Waals surface area contributed by atoms with Gasteiger partial charge in [0.25, 0.3) is 0 Å². The Labute approximate surface area is 81.0 Å². The summed E-state index contributed by atoms with van der Waals surface area (Å²) in [6.45, 7) is 6.89. The minimum absolute atomic E-state index is 0.528. The van der Waals surface area contributed by atoms with Crippen LogP contribution in [-0.4, -0.2) is 25.8 Å². The summed E-state index contributed by atoms with van der Waals surface area (Å²) < 4.78 is 5.38. The maximum Gasteiger partial charge on any atom is 0.0510 e. The molecule has 0 aromatic carbocycles. The summed E-state index contributed by atoms with van der Waals surface area (Å²) in [5.41, 5.74) is 0. The van der Waals surface area contributed by atoms with Gasteiger partial charge in [0.15, 0.2) is 0 Å². The SMILES string of the molecule is CC#CCC(NCC)C1CCOC1.